The van der Waals surface area contributed by atoms with Crippen LogP contribution in [0, 0.1) is 13.8 Å². The highest BCUT2D eigenvalue weighted by Crippen LogP contribution is 2.29. The molecule has 19 heavy (non-hydrogen) atoms. The van der Waals surface area contributed by atoms with Crippen LogP contribution in [0.2, 0.25) is 0 Å². The Hall–Kier alpha value is -1.42. The second kappa shape index (κ2) is 6.15. The van der Waals surface area contributed by atoms with Crippen LogP contribution in [0.4, 0.5) is 5.82 Å². The predicted molar refractivity (Wildman–Crippen MR) is 83.0 cm³/mol. The van der Waals surface area contributed by atoms with Gasteiger partial charge in [-0.2, -0.15) is 0 Å². The van der Waals surface area contributed by atoms with E-state index in [9.17, 15) is 0 Å². The van der Waals surface area contributed by atoms with Crippen molar-refractivity contribution in [3.05, 3.63) is 27.7 Å². The molecule has 0 unspecified atom stereocenters. The van der Waals surface area contributed by atoms with Crippen LogP contribution >= 0.6 is 11.3 Å². The highest BCUT2D eigenvalue weighted by molar-refractivity contribution is 7.10. The number of nitrogens with zero attached hydrogens (tertiary/aromatic N) is 2. The van der Waals surface area contributed by atoms with E-state index in [-0.39, 0.29) is 0 Å². The van der Waals surface area contributed by atoms with Crippen molar-refractivity contribution in [3.8, 4) is 11.3 Å². The van der Waals surface area contributed by atoms with E-state index in [1.165, 1.54) is 10.4 Å². The molecule has 3 nitrogen and oxygen atoms in total. The van der Waals surface area contributed by atoms with Crippen LogP contribution in [0.5, 0.6) is 0 Å². The average Bonchev–Trinajstić information content (AvgIpc) is 2.80. The van der Waals surface area contributed by atoms with E-state index >= 15 is 0 Å². The van der Waals surface area contributed by atoms with Gasteiger partial charge in [0.15, 0.2) is 0 Å². The van der Waals surface area contributed by atoms with E-state index < -0.39 is 0 Å². The summed E-state index contributed by atoms with van der Waals surface area (Å²) in [5.41, 5.74) is 3.41. The zero-order valence-corrected chi connectivity index (χ0v) is 12.9. The zero-order valence-electron chi connectivity index (χ0n) is 12.1. The van der Waals surface area contributed by atoms with Crippen LogP contribution in [-0.2, 0) is 6.42 Å². The molecule has 2 aromatic heterocycles. The molecule has 0 radical (unpaired) electrons. The fraction of sp³-hybridized carbons (Fsp3) is 0.467. The lowest BCUT2D eigenvalue weighted by Crippen LogP contribution is -2.07. The largest absolute Gasteiger partial charge is 0.370 e. The second-order valence-corrected chi connectivity index (χ2v) is 5.80. The van der Waals surface area contributed by atoms with E-state index in [4.69, 9.17) is 4.98 Å². The van der Waals surface area contributed by atoms with Crippen molar-refractivity contribution >= 4 is 17.2 Å². The molecule has 0 aliphatic rings. The smallest absolute Gasteiger partial charge is 0.133 e. The first-order valence-corrected chi connectivity index (χ1v) is 7.70. The molecule has 2 aromatic rings. The third-order valence-corrected chi connectivity index (χ3v) is 3.88. The summed E-state index contributed by atoms with van der Waals surface area (Å²) in [6, 6.07) is 2.20. The minimum absolute atomic E-state index is 0.880. The first kappa shape index (κ1) is 14.0. The Morgan fingerprint density at radius 2 is 2.00 bits per heavy atom. The topological polar surface area (TPSA) is 37.8 Å². The molecule has 0 fully saturated rings. The lowest BCUT2D eigenvalue weighted by molar-refractivity contribution is 0.833. The maximum absolute atomic E-state index is 4.74. The molecule has 0 bridgehead atoms. The van der Waals surface area contributed by atoms with Crippen molar-refractivity contribution in [3.63, 3.8) is 0 Å². The number of anilines is 1. The quantitative estimate of drug-likeness (QED) is 0.888. The van der Waals surface area contributed by atoms with Gasteiger partial charge in [0.2, 0.25) is 0 Å². The summed E-state index contributed by atoms with van der Waals surface area (Å²) in [6.07, 6.45) is 1.99. The maximum atomic E-state index is 4.74. The van der Waals surface area contributed by atoms with Crippen LogP contribution in [0.25, 0.3) is 11.3 Å². The Kier molecular flexibility index (Phi) is 4.53. The van der Waals surface area contributed by atoms with Gasteiger partial charge in [-0.05, 0) is 33.3 Å². The van der Waals surface area contributed by atoms with Gasteiger partial charge in [-0.3, -0.25) is 0 Å². The number of hydrogen-bond acceptors (Lipinski definition) is 4. The van der Waals surface area contributed by atoms with Gasteiger partial charge in [-0.25, -0.2) is 9.97 Å². The van der Waals surface area contributed by atoms with E-state index in [1.807, 2.05) is 0 Å². The number of rotatable bonds is 5. The minimum Gasteiger partial charge on any atom is -0.370 e. The third-order valence-electron chi connectivity index (χ3n) is 3.01. The normalized spacial score (nSPS) is 10.7. The van der Waals surface area contributed by atoms with Gasteiger partial charge in [-0.15, -0.1) is 11.3 Å². The molecular formula is C15H21N3S. The molecule has 0 aromatic carbocycles. The van der Waals surface area contributed by atoms with E-state index in [0.29, 0.717) is 0 Å². The van der Waals surface area contributed by atoms with Crippen LogP contribution < -0.4 is 5.32 Å². The molecule has 0 atom stereocenters. The molecular weight excluding hydrogens is 254 g/mol. The van der Waals surface area contributed by atoms with E-state index in [0.717, 1.165) is 42.3 Å². The summed E-state index contributed by atoms with van der Waals surface area (Å²) in [5.74, 6) is 1.91. The van der Waals surface area contributed by atoms with Crippen LogP contribution in [-0.4, -0.2) is 16.5 Å². The number of thiophene rings is 1. The number of nitrogens with one attached hydrogen (secondary N) is 1. The zero-order chi connectivity index (χ0) is 13.8. The summed E-state index contributed by atoms with van der Waals surface area (Å²) >= 11 is 1.77. The number of aryl methyl sites for hydroxylation is 2. The van der Waals surface area contributed by atoms with Crippen molar-refractivity contribution in [1.29, 1.82) is 0 Å². The third kappa shape index (κ3) is 3.13. The fourth-order valence-corrected chi connectivity index (χ4v) is 2.77. The van der Waals surface area contributed by atoms with Gasteiger partial charge in [0.25, 0.3) is 0 Å². The lowest BCUT2D eigenvalue weighted by atomic mass is 10.1. The minimum atomic E-state index is 0.880. The van der Waals surface area contributed by atoms with Gasteiger partial charge in [-0.1, -0.05) is 6.92 Å². The second-order valence-electron chi connectivity index (χ2n) is 4.69. The van der Waals surface area contributed by atoms with Crippen LogP contribution in [0.1, 0.15) is 36.5 Å². The monoisotopic (exact) mass is 275 g/mol. The molecule has 0 amide bonds. The molecule has 1 N–H and O–H groups in total. The van der Waals surface area contributed by atoms with Gasteiger partial charge in [0.1, 0.15) is 11.6 Å². The number of aromatic nitrogens is 2. The predicted octanol–water partition coefficient (Wildman–Crippen LogP) is 4.21. The molecule has 2 rings (SSSR count). The lowest BCUT2D eigenvalue weighted by Gasteiger charge is -2.12. The Bertz CT molecular complexity index is 561. The summed E-state index contributed by atoms with van der Waals surface area (Å²) in [4.78, 5) is 10.7. The Labute approximate surface area is 119 Å². The summed E-state index contributed by atoms with van der Waals surface area (Å²) in [6.45, 7) is 9.35. The summed E-state index contributed by atoms with van der Waals surface area (Å²) < 4.78 is 0. The molecule has 2 heterocycles. The standard InChI is InChI=1S/C15H21N3S/c1-5-7-13-17-14(12-8-10(3)19-9-12)11(4)15(18-13)16-6-2/h8-9H,5-7H2,1-4H3,(H,16,17,18). The first-order valence-electron chi connectivity index (χ1n) is 6.82. The molecule has 4 heteroatoms. The summed E-state index contributed by atoms with van der Waals surface area (Å²) in [7, 11) is 0. The Morgan fingerprint density at radius 1 is 1.21 bits per heavy atom. The Morgan fingerprint density at radius 3 is 2.58 bits per heavy atom. The maximum Gasteiger partial charge on any atom is 0.133 e. The average molecular weight is 275 g/mol. The number of hydrogen-bond donors (Lipinski definition) is 1. The highest BCUT2D eigenvalue weighted by atomic mass is 32.1. The molecule has 0 spiro atoms. The Balaban J connectivity index is 2.51. The van der Waals surface area contributed by atoms with Crippen LogP contribution in [0.15, 0.2) is 11.4 Å². The van der Waals surface area contributed by atoms with Gasteiger partial charge < -0.3 is 5.32 Å². The SMILES string of the molecule is CCCc1nc(NCC)c(C)c(-c2csc(C)c2)n1. The molecule has 102 valence electrons. The van der Waals surface area contributed by atoms with Crippen molar-refractivity contribution < 1.29 is 0 Å². The van der Waals surface area contributed by atoms with Crippen molar-refractivity contribution in [2.75, 3.05) is 11.9 Å². The highest BCUT2D eigenvalue weighted by Gasteiger charge is 2.12. The van der Waals surface area contributed by atoms with Crippen molar-refractivity contribution in [2.45, 2.75) is 40.5 Å². The van der Waals surface area contributed by atoms with Gasteiger partial charge in [0.05, 0.1) is 5.69 Å². The molecule has 0 aliphatic heterocycles. The molecule has 0 saturated carbocycles. The molecule has 0 saturated heterocycles. The molecule has 0 aliphatic carbocycles. The fourth-order valence-electron chi connectivity index (χ4n) is 2.09. The summed E-state index contributed by atoms with van der Waals surface area (Å²) in [5, 5.41) is 5.52. The van der Waals surface area contributed by atoms with Gasteiger partial charge in [0, 0.05) is 34.3 Å². The van der Waals surface area contributed by atoms with Crippen LogP contribution in [0.3, 0.4) is 0 Å². The van der Waals surface area contributed by atoms with E-state index in [2.05, 4.69) is 49.4 Å². The first-order chi connectivity index (χ1) is 9.15. The van der Waals surface area contributed by atoms with E-state index in [1.54, 1.807) is 11.3 Å². The van der Waals surface area contributed by atoms with Gasteiger partial charge >= 0.3 is 0 Å². The van der Waals surface area contributed by atoms with Crippen molar-refractivity contribution in [1.82, 2.24) is 9.97 Å². The van der Waals surface area contributed by atoms with Crippen molar-refractivity contribution in [2.24, 2.45) is 0 Å².